The standard InChI is InChI=1S/C19H27BF3NO6S/c1-17(2)18(3,4)30-20(29-17)12-5-10-15(28-19(21,22)23)16(11-12)31(26,27)24-13-6-8-14(25)9-7-13/h5,10-11,13-14,24-25H,6-9H2,1-4H3/t13-,14+. The molecule has 1 saturated heterocycles. The van der Waals surface area contributed by atoms with E-state index in [0.29, 0.717) is 25.7 Å². The number of hydrogen-bond donors (Lipinski definition) is 2. The summed E-state index contributed by atoms with van der Waals surface area (Å²) in [6, 6.07) is 2.84. The summed E-state index contributed by atoms with van der Waals surface area (Å²) in [5, 5.41) is 9.61. The van der Waals surface area contributed by atoms with Crippen LogP contribution < -0.4 is 14.9 Å². The monoisotopic (exact) mass is 465 g/mol. The topological polar surface area (TPSA) is 94.1 Å². The number of sulfonamides is 1. The van der Waals surface area contributed by atoms with E-state index in [1.54, 1.807) is 0 Å². The van der Waals surface area contributed by atoms with E-state index in [4.69, 9.17) is 9.31 Å². The molecule has 1 saturated carbocycles. The van der Waals surface area contributed by atoms with Crippen LogP contribution in [0.2, 0.25) is 0 Å². The van der Waals surface area contributed by atoms with Gasteiger partial charge < -0.3 is 19.2 Å². The van der Waals surface area contributed by atoms with Crippen LogP contribution in [0.3, 0.4) is 0 Å². The molecule has 1 aromatic carbocycles. The van der Waals surface area contributed by atoms with E-state index in [-0.39, 0.29) is 5.46 Å². The number of nitrogens with one attached hydrogen (secondary N) is 1. The van der Waals surface area contributed by atoms with Crippen LogP contribution in [-0.2, 0) is 19.3 Å². The average Bonchev–Trinajstić information content (AvgIpc) is 2.83. The quantitative estimate of drug-likeness (QED) is 0.650. The summed E-state index contributed by atoms with van der Waals surface area (Å²) in [7, 11) is -5.31. The highest BCUT2D eigenvalue weighted by atomic mass is 32.2. The third-order valence-electron chi connectivity index (χ3n) is 6.03. The van der Waals surface area contributed by atoms with E-state index in [9.17, 15) is 26.7 Å². The molecular weight excluding hydrogens is 438 g/mol. The van der Waals surface area contributed by atoms with Gasteiger partial charge in [0.05, 0.1) is 17.3 Å². The molecule has 1 aromatic rings. The lowest BCUT2D eigenvalue weighted by molar-refractivity contribution is -0.275. The Morgan fingerprint density at radius 1 is 1.10 bits per heavy atom. The molecule has 0 spiro atoms. The van der Waals surface area contributed by atoms with Crippen molar-refractivity contribution in [3.05, 3.63) is 18.2 Å². The fraction of sp³-hybridized carbons (Fsp3) is 0.684. The Balaban J connectivity index is 1.95. The maximum atomic E-state index is 13.0. The van der Waals surface area contributed by atoms with Gasteiger partial charge in [-0.25, -0.2) is 13.1 Å². The Morgan fingerprint density at radius 2 is 1.65 bits per heavy atom. The smallest absolute Gasteiger partial charge is 0.404 e. The molecule has 0 amide bonds. The molecule has 0 bridgehead atoms. The molecule has 3 rings (SSSR count). The first kappa shape index (κ1) is 24.3. The van der Waals surface area contributed by atoms with Crippen molar-refractivity contribution in [2.75, 3.05) is 0 Å². The van der Waals surface area contributed by atoms with E-state index in [0.717, 1.165) is 12.1 Å². The number of benzene rings is 1. The van der Waals surface area contributed by atoms with Crippen molar-refractivity contribution >= 4 is 22.6 Å². The van der Waals surface area contributed by atoms with Crippen molar-refractivity contribution in [2.45, 2.75) is 88.0 Å². The number of ether oxygens (including phenoxy) is 1. The second kappa shape index (κ2) is 8.22. The van der Waals surface area contributed by atoms with E-state index < -0.39 is 57.5 Å². The van der Waals surface area contributed by atoms with Crippen molar-refractivity contribution in [2.24, 2.45) is 0 Å². The lowest BCUT2D eigenvalue weighted by Crippen LogP contribution is -2.41. The lowest BCUT2D eigenvalue weighted by atomic mass is 9.79. The summed E-state index contributed by atoms with van der Waals surface area (Å²) in [4.78, 5) is -0.650. The average molecular weight is 465 g/mol. The largest absolute Gasteiger partial charge is 0.573 e. The zero-order valence-corrected chi connectivity index (χ0v) is 18.6. The van der Waals surface area contributed by atoms with Gasteiger partial charge >= 0.3 is 13.5 Å². The predicted molar refractivity (Wildman–Crippen MR) is 107 cm³/mol. The molecule has 1 aliphatic heterocycles. The molecule has 1 aliphatic carbocycles. The van der Waals surface area contributed by atoms with Crippen LogP contribution in [0, 0.1) is 0 Å². The molecule has 1 heterocycles. The van der Waals surface area contributed by atoms with E-state index in [1.165, 1.54) is 6.07 Å². The van der Waals surface area contributed by atoms with Gasteiger partial charge in [0.25, 0.3) is 0 Å². The number of alkyl halides is 3. The van der Waals surface area contributed by atoms with Crippen molar-refractivity contribution in [1.29, 1.82) is 0 Å². The van der Waals surface area contributed by atoms with Crippen LogP contribution >= 0.6 is 0 Å². The minimum absolute atomic E-state index is 0.257. The minimum atomic E-state index is -5.06. The van der Waals surface area contributed by atoms with E-state index in [1.807, 2.05) is 27.7 Å². The highest BCUT2D eigenvalue weighted by Gasteiger charge is 2.52. The summed E-state index contributed by atoms with van der Waals surface area (Å²) in [5.41, 5.74) is -1.16. The number of hydrogen-bond acceptors (Lipinski definition) is 6. The van der Waals surface area contributed by atoms with Gasteiger partial charge in [-0.1, -0.05) is 6.07 Å². The van der Waals surface area contributed by atoms with Crippen LogP contribution in [0.1, 0.15) is 53.4 Å². The molecule has 31 heavy (non-hydrogen) atoms. The summed E-state index contributed by atoms with van der Waals surface area (Å²) >= 11 is 0. The Labute approximate surface area is 180 Å². The molecular formula is C19H27BF3NO6S. The SMILES string of the molecule is CC1(C)OB(c2ccc(OC(F)(F)F)c(S(=O)(=O)N[C@H]3CC[C@@H](O)CC3)c2)OC1(C)C. The Bertz CT molecular complexity index is 898. The Hall–Kier alpha value is -1.34. The zero-order chi connectivity index (χ0) is 23.2. The normalized spacial score (nSPS) is 26.1. The van der Waals surface area contributed by atoms with E-state index in [2.05, 4.69) is 9.46 Å². The van der Waals surface area contributed by atoms with Crippen molar-refractivity contribution < 1.29 is 40.7 Å². The van der Waals surface area contributed by atoms with Crippen LogP contribution in [0.15, 0.2) is 23.1 Å². The highest BCUT2D eigenvalue weighted by Crippen LogP contribution is 2.37. The first-order chi connectivity index (χ1) is 14.1. The van der Waals surface area contributed by atoms with Crippen molar-refractivity contribution in [3.63, 3.8) is 0 Å². The molecule has 2 N–H and O–H groups in total. The van der Waals surface area contributed by atoms with Crippen LogP contribution in [0.25, 0.3) is 0 Å². The van der Waals surface area contributed by atoms with Crippen LogP contribution in [0.4, 0.5) is 13.2 Å². The molecule has 2 aliphatic rings. The summed E-state index contributed by atoms with van der Waals surface area (Å²) in [5.74, 6) is -0.837. The molecule has 0 unspecified atom stereocenters. The number of aliphatic hydroxyl groups is 1. The third kappa shape index (κ3) is 5.54. The molecule has 0 aromatic heterocycles. The molecule has 12 heteroatoms. The lowest BCUT2D eigenvalue weighted by Gasteiger charge is -2.32. The maximum Gasteiger partial charge on any atom is 0.573 e. The third-order valence-corrected chi connectivity index (χ3v) is 7.57. The summed E-state index contributed by atoms with van der Waals surface area (Å²) in [6.45, 7) is 7.24. The molecule has 0 atom stereocenters. The van der Waals surface area contributed by atoms with Gasteiger partial charge in [-0.05, 0) is 71.0 Å². The fourth-order valence-electron chi connectivity index (χ4n) is 3.55. The van der Waals surface area contributed by atoms with Crippen molar-refractivity contribution in [3.8, 4) is 5.75 Å². The van der Waals surface area contributed by atoms with Gasteiger partial charge in [0.15, 0.2) is 0 Å². The minimum Gasteiger partial charge on any atom is -0.404 e. The first-order valence-electron chi connectivity index (χ1n) is 10.1. The fourth-order valence-corrected chi connectivity index (χ4v) is 5.01. The van der Waals surface area contributed by atoms with Gasteiger partial charge in [0.2, 0.25) is 10.0 Å². The number of aliphatic hydroxyl groups excluding tert-OH is 1. The van der Waals surface area contributed by atoms with Gasteiger partial charge in [-0.15, -0.1) is 13.2 Å². The second-order valence-electron chi connectivity index (χ2n) is 8.97. The number of rotatable bonds is 5. The zero-order valence-electron chi connectivity index (χ0n) is 17.8. The molecule has 7 nitrogen and oxygen atoms in total. The van der Waals surface area contributed by atoms with E-state index >= 15 is 0 Å². The predicted octanol–water partition coefficient (Wildman–Crippen LogP) is 2.47. The highest BCUT2D eigenvalue weighted by molar-refractivity contribution is 7.89. The molecule has 0 radical (unpaired) electrons. The molecule has 174 valence electrons. The Morgan fingerprint density at radius 3 is 2.16 bits per heavy atom. The first-order valence-corrected chi connectivity index (χ1v) is 11.5. The number of halogens is 3. The maximum absolute atomic E-state index is 13.0. The van der Waals surface area contributed by atoms with Crippen molar-refractivity contribution in [1.82, 2.24) is 4.72 Å². The van der Waals surface area contributed by atoms with Gasteiger partial charge in [0, 0.05) is 6.04 Å². The van der Waals surface area contributed by atoms with Crippen LogP contribution in [-0.4, -0.2) is 50.4 Å². The molecule has 2 fully saturated rings. The summed E-state index contributed by atoms with van der Waals surface area (Å²) in [6.07, 6.45) is -3.98. The van der Waals surface area contributed by atoms with Crippen LogP contribution in [0.5, 0.6) is 5.75 Å². The second-order valence-corrected chi connectivity index (χ2v) is 10.7. The van der Waals surface area contributed by atoms with Gasteiger partial charge in [-0.2, -0.15) is 0 Å². The van der Waals surface area contributed by atoms with Gasteiger partial charge in [-0.3, -0.25) is 0 Å². The Kier molecular flexibility index (Phi) is 6.45. The summed E-state index contributed by atoms with van der Waals surface area (Å²) < 4.78 is 82.9. The van der Waals surface area contributed by atoms with Gasteiger partial charge in [0.1, 0.15) is 10.6 Å².